The summed E-state index contributed by atoms with van der Waals surface area (Å²) >= 11 is 0. The van der Waals surface area contributed by atoms with Crippen LogP contribution >= 0.6 is 0 Å². The van der Waals surface area contributed by atoms with Gasteiger partial charge in [0.2, 0.25) is 0 Å². The van der Waals surface area contributed by atoms with Gasteiger partial charge in [-0.2, -0.15) is 5.10 Å². The summed E-state index contributed by atoms with van der Waals surface area (Å²) in [6.07, 6.45) is 1.17. The Kier molecular flexibility index (Phi) is 3.65. The zero-order chi connectivity index (χ0) is 14.7. The van der Waals surface area contributed by atoms with Gasteiger partial charge in [0.15, 0.2) is 5.76 Å². The Hall–Kier alpha value is -2.90. The van der Waals surface area contributed by atoms with Crippen LogP contribution in [-0.2, 0) is 0 Å². The predicted molar refractivity (Wildman–Crippen MR) is 68.6 cm³/mol. The van der Waals surface area contributed by atoms with Crippen LogP contribution in [-0.4, -0.2) is 17.0 Å². The Bertz CT molecular complexity index is 683. The van der Waals surface area contributed by atoms with Crippen LogP contribution in [0.4, 0.5) is 5.88 Å². The van der Waals surface area contributed by atoms with Crippen molar-refractivity contribution in [3.05, 3.63) is 51.2 Å². The number of nitro groups is 1. The van der Waals surface area contributed by atoms with Gasteiger partial charge in [0.1, 0.15) is 16.4 Å². The standard InChI is InChI=1S/C12H11N3O5/c1-7-5-10(8(2)19-7)12(16)14-13-6-9-3-4-11(20-9)15(17)18/h3-6H,1-2H3,(H,14,16)/b13-6-. The smallest absolute Gasteiger partial charge is 0.433 e. The molecule has 0 atom stereocenters. The lowest BCUT2D eigenvalue weighted by atomic mass is 10.2. The minimum atomic E-state index is -0.659. The fourth-order valence-electron chi connectivity index (χ4n) is 1.58. The highest BCUT2D eigenvalue weighted by molar-refractivity contribution is 5.95. The Balaban J connectivity index is 2.00. The summed E-state index contributed by atoms with van der Waals surface area (Å²) in [5, 5.41) is 14.1. The number of hydrogen-bond donors (Lipinski definition) is 1. The van der Waals surface area contributed by atoms with Crippen LogP contribution in [0.1, 0.15) is 27.6 Å². The van der Waals surface area contributed by atoms with Crippen LogP contribution in [0, 0.1) is 24.0 Å². The molecule has 2 aromatic heterocycles. The van der Waals surface area contributed by atoms with Crippen LogP contribution in [0.5, 0.6) is 0 Å². The first-order chi connectivity index (χ1) is 9.47. The number of furan rings is 2. The molecule has 0 saturated heterocycles. The van der Waals surface area contributed by atoms with Gasteiger partial charge in [-0.25, -0.2) is 5.43 Å². The monoisotopic (exact) mass is 277 g/mol. The molecule has 2 heterocycles. The number of carbonyl (C=O) groups excluding carboxylic acids is 1. The number of hydrogen-bond acceptors (Lipinski definition) is 6. The van der Waals surface area contributed by atoms with Gasteiger partial charge < -0.3 is 8.83 Å². The molecule has 2 rings (SSSR count). The second kappa shape index (κ2) is 5.39. The summed E-state index contributed by atoms with van der Waals surface area (Å²) in [6.45, 7) is 3.40. The molecule has 0 aliphatic rings. The largest absolute Gasteiger partial charge is 0.466 e. The summed E-state index contributed by atoms with van der Waals surface area (Å²) in [5.41, 5.74) is 2.66. The Labute approximate surface area is 113 Å². The maximum Gasteiger partial charge on any atom is 0.433 e. The van der Waals surface area contributed by atoms with E-state index in [-0.39, 0.29) is 11.6 Å². The summed E-state index contributed by atoms with van der Waals surface area (Å²) < 4.78 is 10.1. The maximum atomic E-state index is 11.8. The van der Waals surface area contributed by atoms with E-state index in [0.29, 0.717) is 17.1 Å². The molecule has 0 unspecified atom stereocenters. The van der Waals surface area contributed by atoms with Crippen molar-refractivity contribution in [2.24, 2.45) is 5.10 Å². The van der Waals surface area contributed by atoms with Crippen LogP contribution in [0.3, 0.4) is 0 Å². The molecule has 2 aromatic rings. The van der Waals surface area contributed by atoms with Gasteiger partial charge in [0.25, 0.3) is 5.91 Å². The summed E-state index contributed by atoms with van der Waals surface area (Å²) in [5.74, 6) is 0.454. The minimum Gasteiger partial charge on any atom is -0.466 e. The summed E-state index contributed by atoms with van der Waals surface area (Å²) in [7, 11) is 0. The molecule has 0 aliphatic heterocycles. The maximum absolute atomic E-state index is 11.8. The first-order valence-electron chi connectivity index (χ1n) is 5.62. The van der Waals surface area contributed by atoms with Gasteiger partial charge in [-0.3, -0.25) is 14.9 Å². The molecule has 1 amide bonds. The van der Waals surface area contributed by atoms with E-state index in [1.54, 1.807) is 19.9 Å². The fraction of sp³-hybridized carbons (Fsp3) is 0.167. The van der Waals surface area contributed by atoms with Crippen molar-refractivity contribution >= 4 is 18.0 Å². The van der Waals surface area contributed by atoms with Gasteiger partial charge >= 0.3 is 5.88 Å². The fourth-order valence-corrected chi connectivity index (χ4v) is 1.58. The number of aryl methyl sites for hydroxylation is 2. The third kappa shape index (κ3) is 2.91. The van der Waals surface area contributed by atoms with Crippen molar-refractivity contribution in [1.29, 1.82) is 0 Å². The van der Waals surface area contributed by atoms with Crippen LogP contribution in [0.25, 0.3) is 0 Å². The van der Waals surface area contributed by atoms with Crippen LogP contribution < -0.4 is 5.43 Å². The average molecular weight is 277 g/mol. The van der Waals surface area contributed by atoms with E-state index in [1.165, 1.54) is 18.3 Å². The van der Waals surface area contributed by atoms with Crippen LogP contribution in [0.15, 0.2) is 32.1 Å². The number of amides is 1. The Morgan fingerprint density at radius 3 is 2.70 bits per heavy atom. The van der Waals surface area contributed by atoms with Gasteiger partial charge in [0.05, 0.1) is 17.8 Å². The highest BCUT2D eigenvalue weighted by Gasteiger charge is 2.13. The lowest BCUT2D eigenvalue weighted by Gasteiger charge is -1.96. The topological polar surface area (TPSA) is 111 Å². The molecule has 20 heavy (non-hydrogen) atoms. The lowest BCUT2D eigenvalue weighted by Crippen LogP contribution is -2.17. The lowest BCUT2D eigenvalue weighted by molar-refractivity contribution is -0.402. The average Bonchev–Trinajstić information content (AvgIpc) is 2.96. The van der Waals surface area contributed by atoms with E-state index in [1.807, 2.05) is 0 Å². The zero-order valence-corrected chi connectivity index (χ0v) is 10.7. The molecule has 104 valence electrons. The van der Waals surface area contributed by atoms with Crippen molar-refractivity contribution in [2.45, 2.75) is 13.8 Å². The van der Waals surface area contributed by atoms with Crippen molar-refractivity contribution in [1.82, 2.24) is 5.43 Å². The minimum absolute atomic E-state index is 0.164. The van der Waals surface area contributed by atoms with Crippen molar-refractivity contribution in [2.75, 3.05) is 0 Å². The summed E-state index contributed by atoms with van der Waals surface area (Å²) in [4.78, 5) is 21.5. The molecule has 0 aromatic carbocycles. The zero-order valence-electron chi connectivity index (χ0n) is 10.7. The van der Waals surface area contributed by atoms with Crippen molar-refractivity contribution in [3.63, 3.8) is 0 Å². The molecule has 0 aliphatic carbocycles. The number of rotatable bonds is 4. The molecular weight excluding hydrogens is 266 g/mol. The van der Waals surface area contributed by atoms with E-state index < -0.39 is 10.8 Å². The molecule has 8 heteroatoms. The van der Waals surface area contributed by atoms with Gasteiger partial charge in [-0.1, -0.05) is 0 Å². The molecule has 0 radical (unpaired) electrons. The van der Waals surface area contributed by atoms with E-state index in [2.05, 4.69) is 10.5 Å². The number of carbonyl (C=O) groups is 1. The van der Waals surface area contributed by atoms with E-state index in [4.69, 9.17) is 8.83 Å². The second-order valence-corrected chi connectivity index (χ2v) is 3.96. The quantitative estimate of drug-likeness (QED) is 0.523. The molecule has 0 saturated carbocycles. The molecule has 1 N–H and O–H groups in total. The number of nitrogens with one attached hydrogen (secondary N) is 1. The number of nitrogens with zero attached hydrogens (tertiary/aromatic N) is 2. The first-order valence-corrected chi connectivity index (χ1v) is 5.62. The third-order valence-corrected chi connectivity index (χ3v) is 2.44. The van der Waals surface area contributed by atoms with Crippen molar-refractivity contribution < 1.29 is 18.6 Å². The van der Waals surface area contributed by atoms with Gasteiger partial charge in [-0.05, 0) is 26.0 Å². The van der Waals surface area contributed by atoms with Crippen LogP contribution in [0.2, 0.25) is 0 Å². The molecule has 0 bridgehead atoms. The molecular formula is C12H11N3O5. The highest BCUT2D eigenvalue weighted by Crippen LogP contribution is 2.14. The number of hydrazone groups is 1. The summed E-state index contributed by atoms with van der Waals surface area (Å²) in [6, 6.07) is 4.17. The van der Waals surface area contributed by atoms with E-state index in [0.717, 1.165) is 0 Å². The SMILES string of the molecule is Cc1cc(C(=O)N/N=C\c2ccc([N+](=O)[O-])o2)c(C)o1. The second-order valence-electron chi connectivity index (χ2n) is 3.96. The normalized spacial score (nSPS) is 10.9. The van der Waals surface area contributed by atoms with Crippen molar-refractivity contribution in [3.8, 4) is 0 Å². The predicted octanol–water partition coefficient (Wildman–Crippen LogP) is 2.16. The van der Waals surface area contributed by atoms with E-state index >= 15 is 0 Å². The van der Waals surface area contributed by atoms with E-state index in [9.17, 15) is 14.9 Å². The molecule has 8 nitrogen and oxygen atoms in total. The first kappa shape index (κ1) is 13.5. The molecule has 0 fully saturated rings. The Morgan fingerprint density at radius 2 is 2.15 bits per heavy atom. The van der Waals surface area contributed by atoms with Gasteiger partial charge in [-0.15, -0.1) is 0 Å². The third-order valence-electron chi connectivity index (χ3n) is 2.44. The highest BCUT2D eigenvalue weighted by atomic mass is 16.6. The Morgan fingerprint density at radius 1 is 1.40 bits per heavy atom. The molecule has 0 spiro atoms. The van der Waals surface area contributed by atoms with Gasteiger partial charge in [0, 0.05) is 0 Å².